The summed E-state index contributed by atoms with van der Waals surface area (Å²) in [5, 5.41) is 6.28. The van der Waals surface area contributed by atoms with Crippen molar-refractivity contribution in [3.63, 3.8) is 0 Å². The van der Waals surface area contributed by atoms with Gasteiger partial charge in [0.2, 0.25) is 0 Å². The van der Waals surface area contributed by atoms with E-state index in [9.17, 15) is 4.79 Å². The molecule has 126 valence electrons. The Morgan fingerprint density at radius 1 is 1.16 bits per heavy atom. The van der Waals surface area contributed by atoms with Gasteiger partial charge < -0.3 is 10.6 Å². The Labute approximate surface area is 150 Å². The molecule has 0 spiro atoms. The molecule has 3 aromatic rings. The first-order chi connectivity index (χ1) is 12.2. The van der Waals surface area contributed by atoms with Crippen LogP contribution >= 0.6 is 11.3 Å². The maximum absolute atomic E-state index is 12.3. The molecule has 2 aromatic heterocycles. The minimum Gasteiger partial charge on any atom is -0.365 e. The zero-order valence-electron chi connectivity index (χ0n) is 13.9. The second-order valence-electron chi connectivity index (χ2n) is 5.96. The topological polar surface area (TPSA) is 66.9 Å². The zero-order valence-corrected chi connectivity index (χ0v) is 14.7. The molecule has 0 fully saturated rings. The molecule has 25 heavy (non-hydrogen) atoms. The van der Waals surface area contributed by atoms with Crippen molar-refractivity contribution in [2.45, 2.75) is 19.9 Å². The van der Waals surface area contributed by atoms with E-state index in [-0.39, 0.29) is 5.91 Å². The number of amides is 1. The summed E-state index contributed by atoms with van der Waals surface area (Å²) < 4.78 is 0. The van der Waals surface area contributed by atoms with Gasteiger partial charge >= 0.3 is 0 Å². The number of aromatic nitrogens is 2. The van der Waals surface area contributed by atoms with Gasteiger partial charge in [-0.05, 0) is 25.5 Å². The predicted octanol–water partition coefficient (Wildman–Crippen LogP) is 3.41. The Bertz CT molecular complexity index is 920. The molecule has 0 unspecified atom stereocenters. The van der Waals surface area contributed by atoms with Crippen LogP contribution in [0.5, 0.6) is 0 Å². The quantitative estimate of drug-likeness (QED) is 0.757. The first-order valence-corrected chi connectivity index (χ1v) is 9.06. The van der Waals surface area contributed by atoms with E-state index < -0.39 is 0 Å². The number of hydrogen-bond acceptors (Lipinski definition) is 5. The van der Waals surface area contributed by atoms with Crippen LogP contribution in [0, 0.1) is 6.92 Å². The van der Waals surface area contributed by atoms with Crippen molar-refractivity contribution in [3.8, 4) is 11.4 Å². The van der Waals surface area contributed by atoms with Crippen LogP contribution in [0.4, 0.5) is 5.82 Å². The van der Waals surface area contributed by atoms with Crippen molar-refractivity contribution < 1.29 is 4.79 Å². The van der Waals surface area contributed by atoms with Crippen LogP contribution < -0.4 is 10.6 Å². The number of thiophene rings is 1. The molecule has 0 saturated heterocycles. The number of aryl methyl sites for hydroxylation is 1. The smallest absolute Gasteiger partial charge is 0.270 e. The van der Waals surface area contributed by atoms with Crippen LogP contribution in [0.15, 0.2) is 42.5 Å². The van der Waals surface area contributed by atoms with E-state index in [0.29, 0.717) is 24.6 Å². The van der Waals surface area contributed by atoms with Crippen LogP contribution in [0.25, 0.3) is 11.4 Å². The first-order valence-electron chi connectivity index (χ1n) is 8.24. The summed E-state index contributed by atoms with van der Waals surface area (Å²) >= 11 is 1.76. The first kappa shape index (κ1) is 15.8. The lowest BCUT2D eigenvalue weighted by molar-refractivity contribution is 0.0940. The van der Waals surface area contributed by atoms with Crippen molar-refractivity contribution in [1.29, 1.82) is 0 Å². The molecule has 3 heterocycles. The molecular formula is C19H18N4OS. The standard InChI is InChI=1S/C19H18N4OS/c1-12-7-8-14(25-12)11-21-18-15-9-10-20-19(24)16(15)22-17(23-18)13-5-3-2-4-6-13/h2-8H,9-11H2,1H3,(H,20,24)(H,21,22,23). The Balaban J connectivity index is 1.73. The highest BCUT2D eigenvalue weighted by Crippen LogP contribution is 2.26. The molecule has 1 aromatic carbocycles. The molecule has 0 radical (unpaired) electrons. The van der Waals surface area contributed by atoms with E-state index in [4.69, 9.17) is 4.98 Å². The van der Waals surface area contributed by atoms with E-state index in [1.807, 2.05) is 30.3 Å². The summed E-state index contributed by atoms with van der Waals surface area (Å²) in [4.78, 5) is 24.0. The van der Waals surface area contributed by atoms with E-state index in [1.54, 1.807) is 11.3 Å². The molecular weight excluding hydrogens is 332 g/mol. The summed E-state index contributed by atoms with van der Waals surface area (Å²) in [5.74, 6) is 1.20. The number of nitrogens with zero attached hydrogens (tertiary/aromatic N) is 2. The summed E-state index contributed by atoms with van der Waals surface area (Å²) in [6, 6.07) is 14.0. The molecule has 0 atom stereocenters. The third-order valence-corrected chi connectivity index (χ3v) is 5.14. The van der Waals surface area contributed by atoms with Gasteiger partial charge in [-0.2, -0.15) is 0 Å². The number of nitrogens with one attached hydrogen (secondary N) is 2. The fourth-order valence-corrected chi connectivity index (χ4v) is 3.74. The largest absolute Gasteiger partial charge is 0.365 e. The minimum atomic E-state index is -0.129. The highest BCUT2D eigenvalue weighted by molar-refractivity contribution is 7.11. The molecule has 1 amide bonds. The second kappa shape index (κ2) is 6.64. The van der Waals surface area contributed by atoms with Gasteiger partial charge in [-0.15, -0.1) is 11.3 Å². The zero-order chi connectivity index (χ0) is 17.2. The van der Waals surface area contributed by atoms with Crippen molar-refractivity contribution in [2.24, 2.45) is 0 Å². The third-order valence-electron chi connectivity index (χ3n) is 4.14. The van der Waals surface area contributed by atoms with E-state index in [2.05, 4.69) is 34.7 Å². The Morgan fingerprint density at radius 3 is 2.76 bits per heavy atom. The fraction of sp³-hybridized carbons (Fsp3) is 0.211. The Hall–Kier alpha value is -2.73. The van der Waals surface area contributed by atoms with Gasteiger partial charge in [0.15, 0.2) is 5.82 Å². The van der Waals surface area contributed by atoms with Gasteiger partial charge in [-0.3, -0.25) is 4.79 Å². The number of carbonyl (C=O) groups excluding carboxylic acids is 1. The summed E-state index contributed by atoms with van der Waals surface area (Å²) in [7, 11) is 0. The lowest BCUT2D eigenvalue weighted by Crippen LogP contribution is -2.34. The van der Waals surface area contributed by atoms with Crippen molar-refractivity contribution in [1.82, 2.24) is 15.3 Å². The second-order valence-corrected chi connectivity index (χ2v) is 7.33. The van der Waals surface area contributed by atoms with Gasteiger partial charge in [0, 0.05) is 27.4 Å². The molecule has 4 rings (SSSR count). The molecule has 1 aliphatic rings. The maximum Gasteiger partial charge on any atom is 0.270 e. The number of hydrogen-bond donors (Lipinski definition) is 2. The monoisotopic (exact) mass is 350 g/mol. The molecule has 2 N–H and O–H groups in total. The summed E-state index contributed by atoms with van der Waals surface area (Å²) in [5.41, 5.74) is 2.28. The SMILES string of the molecule is Cc1ccc(CNc2nc(-c3ccccc3)nc3c2CCNC3=O)s1. The van der Waals surface area contributed by atoms with Crippen molar-refractivity contribution in [3.05, 3.63) is 63.5 Å². The molecule has 0 saturated carbocycles. The van der Waals surface area contributed by atoms with Crippen LogP contribution in [0.2, 0.25) is 0 Å². The maximum atomic E-state index is 12.3. The van der Waals surface area contributed by atoms with Crippen LogP contribution in [-0.2, 0) is 13.0 Å². The molecule has 1 aliphatic heterocycles. The average Bonchev–Trinajstić information content (AvgIpc) is 3.06. The average molecular weight is 350 g/mol. The van der Waals surface area contributed by atoms with Crippen molar-refractivity contribution >= 4 is 23.1 Å². The minimum absolute atomic E-state index is 0.129. The molecule has 5 nitrogen and oxygen atoms in total. The Morgan fingerprint density at radius 2 is 2.00 bits per heavy atom. The lowest BCUT2D eigenvalue weighted by Gasteiger charge is -2.20. The normalized spacial score (nSPS) is 13.2. The third kappa shape index (κ3) is 3.25. The van der Waals surface area contributed by atoms with Gasteiger partial charge in [-0.1, -0.05) is 30.3 Å². The predicted molar refractivity (Wildman–Crippen MR) is 99.9 cm³/mol. The lowest BCUT2D eigenvalue weighted by atomic mass is 10.1. The number of anilines is 1. The summed E-state index contributed by atoms with van der Waals surface area (Å²) in [6.07, 6.45) is 0.738. The highest BCUT2D eigenvalue weighted by Gasteiger charge is 2.24. The van der Waals surface area contributed by atoms with Gasteiger partial charge in [-0.25, -0.2) is 9.97 Å². The number of rotatable bonds is 4. The number of benzene rings is 1. The van der Waals surface area contributed by atoms with Gasteiger partial charge in [0.1, 0.15) is 11.5 Å². The number of carbonyl (C=O) groups is 1. The van der Waals surface area contributed by atoms with Crippen molar-refractivity contribution in [2.75, 3.05) is 11.9 Å². The van der Waals surface area contributed by atoms with Crippen LogP contribution in [-0.4, -0.2) is 22.4 Å². The van der Waals surface area contributed by atoms with E-state index in [0.717, 1.165) is 23.4 Å². The molecule has 0 bridgehead atoms. The summed E-state index contributed by atoms with van der Waals surface area (Å²) in [6.45, 7) is 3.41. The fourth-order valence-electron chi connectivity index (χ4n) is 2.91. The van der Waals surface area contributed by atoms with Crippen LogP contribution in [0.3, 0.4) is 0 Å². The molecule has 0 aliphatic carbocycles. The van der Waals surface area contributed by atoms with E-state index >= 15 is 0 Å². The number of fused-ring (bicyclic) bond motifs is 1. The highest BCUT2D eigenvalue weighted by atomic mass is 32.1. The van der Waals surface area contributed by atoms with E-state index in [1.165, 1.54) is 9.75 Å². The van der Waals surface area contributed by atoms with Gasteiger partial charge in [0.25, 0.3) is 5.91 Å². The van der Waals surface area contributed by atoms with Gasteiger partial charge in [0.05, 0.1) is 6.54 Å². The van der Waals surface area contributed by atoms with Crippen LogP contribution in [0.1, 0.15) is 25.8 Å². The Kier molecular flexibility index (Phi) is 4.19. The molecule has 6 heteroatoms.